The molecule has 6 nitrogen and oxygen atoms in total. The van der Waals surface area contributed by atoms with Crippen LogP contribution in [0.2, 0.25) is 0 Å². The molecule has 22 heavy (non-hydrogen) atoms. The second-order valence-corrected chi connectivity index (χ2v) is 6.04. The Labute approximate surface area is 132 Å². The van der Waals surface area contributed by atoms with Crippen LogP contribution in [-0.4, -0.2) is 29.7 Å². The van der Waals surface area contributed by atoms with Crippen molar-refractivity contribution in [1.29, 1.82) is 0 Å². The van der Waals surface area contributed by atoms with Crippen molar-refractivity contribution in [3.8, 4) is 0 Å². The Hall–Kier alpha value is -1.98. The highest BCUT2D eigenvalue weighted by Gasteiger charge is 2.25. The Morgan fingerprint density at radius 1 is 1.14 bits per heavy atom. The van der Waals surface area contributed by atoms with Gasteiger partial charge in [0.15, 0.2) is 0 Å². The van der Waals surface area contributed by atoms with Gasteiger partial charge in [-0.25, -0.2) is 4.79 Å². The highest BCUT2D eigenvalue weighted by atomic mass is 16.5. The molecule has 0 saturated carbocycles. The van der Waals surface area contributed by atoms with Gasteiger partial charge in [0.25, 0.3) is 0 Å². The molecule has 0 radical (unpaired) electrons. The van der Waals surface area contributed by atoms with E-state index in [1.165, 1.54) is 7.11 Å². The highest BCUT2D eigenvalue weighted by molar-refractivity contribution is 5.80. The fourth-order valence-corrected chi connectivity index (χ4v) is 2.32. The Morgan fingerprint density at radius 3 is 2.27 bits per heavy atom. The number of alkyl carbamates (subject to hydrolysis) is 1. The molecular formula is C16H27N3O3. The lowest BCUT2D eigenvalue weighted by molar-refractivity contribution is -0.124. The third-order valence-corrected chi connectivity index (χ3v) is 3.48. The number of hydrogen-bond acceptors (Lipinski definition) is 3. The van der Waals surface area contributed by atoms with Crippen LogP contribution in [0.4, 0.5) is 4.79 Å². The molecular weight excluding hydrogens is 282 g/mol. The van der Waals surface area contributed by atoms with E-state index in [2.05, 4.69) is 10.6 Å². The zero-order valence-electron chi connectivity index (χ0n) is 14.2. The van der Waals surface area contributed by atoms with E-state index < -0.39 is 6.09 Å². The second kappa shape index (κ2) is 7.87. The Balaban J connectivity index is 3.03. The van der Waals surface area contributed by atoms with E-state index in [1.807, 2.05) is 57.5 Å². The molecule has 2 atom stereocenters. The summed E-state index contributed by atoms with van der Waals surface area (Å²) < 4.78 is 6.58. The zero-order chi connectivity index (χ0) is 16.9. The van der Waals surface area contributed by atoms with Crippen molar-refractivity contribution in [3.05, 3.63) is 24.0 Å². The molecule has 1 aromatic heterocycles. The molecule has 6 heteroatoms. The van der Waals surface area contributed by atoms with Gasteiger partial charge in [0, 0.05) is 17.9 Å². The van der Waals surface area contributed by atoms with E-state index in [0.29, 0.717) is 0 Å². The molecule has 124 valence electrons. The maximum atomic E-state index is 12.2. The Kier molecular flexibility index (Phi) is 6.46. The SMILES string of the molecule is COC(=O)NC(c1cccn1C(C)C(=O)NC(C)C)C(C)C. The van der Waals surface area contributed by atoms with E-state index in [-0.39, 0.29) is 30.0 Å². The molecule has 0 aromatic carbocycles. The molecule has 0 bridgehead atoms. The van der Waals surface area contributed by atoms with Crippen LogP contribution >= 0.6 is 0 Å². The lowest BCUT2D eigenvalue weighted by Crippen LogP contribution is -2.38. The fourth-order valence-electron chi connectivity index (χ4n) is 2.32. The third kappa shape index (κ3) is 4.51. The zero-order valence-corrected chi connectivity index (χ0v) is 14.2. The lowest BCUT2D eigenvalue weighted by Gasteiger charge is -2.26. The minimum atomic E-state index is -0.481. The van der Waals surface area contributed by atoms with Crippen LogP contribution < -0.4 is 10.6 Å². The second-order valence-electron chi connectivity index (χ2n) is 6.04. The Morgan fingerprint density at radius 2 is 1.77 bits per heavy atom. The first-order chi connectivity index (χ1) is 10.3. The van der Waals surface area contributed by atoms with Crippen LogP contribution in [0.5, 0.6) is 0 Å². The summed E-state index contributed by atoms with van der Waals surface area (Å²) >= 11 is 0. The number of amides is 2. The van der Waals surface area contributed by atoms with Gasteiger partial charge in [0.2, 0.25) is 5.91 Å². The molecule has 2 amide bonds. The summed E-state index contributed by atoms with van der Waals surface area (Å²) in [5, 5.41) is 5.74. The molecule has 2 unspecified atom stereocenters. The molecule has 0 aliphatic heterocycles. The molecule has 0 aliphatic carbocycles. The third-order valence-electron chi connectivity index (χ3n) is 3.48. The number of carbonyl (C=O) groups is 2. The minimum Gasteiger partial charge on any atom is -0.453 e. The number of nitrogens with zero attached hydrogens (tertiary/aromatic N) is 1. The molecule has 0 saturated heterocycles. The number of ether oxygens (including phenoxy) is 1. The number of aromatic nitrogens is 1. The largest absolute Gasteiger partial charge is 0.453 e. The number of hydrogen-bond donors (Lipinski definition) is 2. The van der Waals surface area contributed by atoms with Crippen molar-refractivity contribution >= 4 is 12.0 Å². The van der Waals surface area contributed by atoms with E-state index in [0.717, 1.165) is 5.69 Å². The minimum absolute atomic E-state index is 0.0481. The molecule has 0 spiro atoms. The van der Waals surface area contributed by atoms with E-state index in [4.69, 9.17) is 4.74 Å². The average molecular weight is 309 g/mol. The van der Waals surface area contributed by atoms with Crippen molar-refractivity contribution in [3.63, 3.8) is 0 Å². The summed E-state index contributed by atoms with van der Waals surface area (Å²) in [6.45, 7) is 9.72. The van der Waals surface area contributed by atoms with Crippen molar-refractivity contribution < 1.29 is 14.3 Å². The molecule has 0 aliphatic rings. The van der Waals surface area contributed by atoms with Crippen LogP contribution in [0.25, 0.3) is 0 Å². The monoisotopic (exact) mass is 309 g/mol. The predicted octanol–water partition coefficient (Wildman–Crippen LogP) is 2.63. The van der Waals surface area contributed by atoms with Gasteiger partial charge in [-0.3, -0.25) is 4.79 Å². The molecule has 2 N–H and O–H groups in total. The molecule has 1 heterocycles. The van der Waals surface area contributed by atoms with Gasteiger partial charge in [0.05, 0.1) is 13.2 Å². The summed E-state index contributed by atoms with van der Waals surface area (Å²) in [6.07, 6.45) is 1.37. The first-order valence-electron chi connectivity index (χ1n) is 7.59. The quantitative estimate of drug-likeness (QED) is 0.848. The van der Waals surface area contributed by atoms with Crippen molar-refractivity contribution in [2.75, 3.05) is 7.11 Å². The number of methoxy groups -OCH3 is 1. The van der Waals surface area contributed by atoms with E-state index in [1.54, 1.807) is 0 Å². The van der Waals surface area contributed by atoms with Gasteiger partial charge in [0.1, 0.15) is 6.04 Å². The van der Waals surface area contributed by atoms with Crippen LogP contribution in [0, 0.1) is 5.92 Å². The predicted molar refractivity (Wildman–Crippen MR) is 85.5 cm³/mol. The van der Waals surface area contributed by atoms with Crippen LogP contribution in [0.15, 0.2) is 18.3 Å². The van der Waals surface area contributed by atoms with E-state index >= 15 is 0 Å². The van der Waals surface area contributed by atoms with Gasteiger partial charge in [-0.1, -0.05) is 13.8 Å². The maximum absolute atomic E-state index is 12.2. The van der Waals surface area contributed by atoms with Crippen LogP contribution in [0.1, 0.15) is 52.4 Å². The number of rotatable bonds is 6. The average Bonchev–Trinajstić information content (AvgIpc) is 2.91. The van der Waals surface area contributed by atoms with Crippen LogP contribution in [-0.2, 0) is 9.53 Å². The number of carbonyl (C=O) groups excluding carboxylic acids is 2. The topological polar surface area (TPSA) is 72.4 Å². The van der Waals surface area contributed by atoms with Gasteiger partial charge in [-0.05, 0) is 38.8 Å². The smallest absolute Gasteiger partial charge is 0.407 e. The van der Waals surface area contributed by atoms with Gasteiger partial charge in [-0.2, -0.15) is 0 Å². The summed E-state index contributed by atoms with van der Waals surface area (Å²) in [7, 11) is 1.34. The van der Waals surface area contributed by atoms with Crippen molar-refractivity contribution in [2.24, 2.45) is 5.92 Å². The maximum Gasteiger partial charge on any atom is 0.407 e. The summed E-state index contributed by atoms with van der Waals surface area (Å²) in [6, 6.07) is 3.30. The summed E-state index contributed by atoms with van der Waals surface area (Å²) in [5.41, 5.74) is 0.881. The van der Waals surface area contributed by atoms with Crippen LogP contribution in [0.3, 0.4) is 0 Å². The van der Waals surface area contributed by atoms with Crippen molar-refractivity contribution in [2.45, 2.75) is 52.7 Å². The normalized spacial score (nSPS) is 13.8. The van der Waals surface area contributed by atoms with E-state index in [9.17, 15) is 9.59 Å². The van der Waals surface area contributed by atoms with Gasteiger partial charge in [-0.15, -0.1) is 0 Å². The van der Waals surface area contributed by atoms with Gasteiger partial charge >= 0.3 is 6.09 Å². The standard InChI is InChI=1S/C16H27N3O3/c1-10(2)14(18-16(21)22-6)13-8-7-9-19(13)12(5)15(20)17-11(3)4/h7-12,14H,1-6H3,(H,17,20)(H,18,21). The fraction of sp³-hybridized carbons (Fsp3) is 0.625. The first kappa shape index (κ1) is 18.1. The van der Waals surface area contributed by atoms with Crippen molar-refractivity contribution in [1.82, 2.24) is 15.2 Å². The molecule has 0 fully saturated rings. The summed E-state index contributed by atoms with van der Waals surface area (Å²) in [5.74, 6) is 0.112. The lowest BCUT2D eigenvalue weighted by atomic mass is 10.0. The summed E-state index contributed by atoms with van der Waals surface area (Å²) in [4.78, 5) is 23.8. The molecule has 1 rings (SSSR count). The highest BCUT2D eigenvalue weighted by Crippen LogP contribution is 2.25. The Bertz CT molecular complexity index is 508. The van der Waals surface area contributed by atoms with Gasteiger partial charge < -0.3 is 19.9 Å². The first-order valence-corrected chi connectivity index (χ1v) is 7.59. The molecule has 1 aromatic rings. The number of nitrogens with one attached hydrogen (secondary N) is 2.